The molecule has 1 aliphatic rings. The topological polar surface area (TPSA) is 70.5 Å². The Balaban J connectivity index is 1.72. The molecule has 1 aliphatic heterocycles. The Hall–Kier alpha value is -1.92. The first-order valence-corrected chi connectivity index (χ1v) is 8.54. The number of hydrogen-bond acceptors (Lipinski definition) is 4. The monoisotopic (exact) mass is 350 g/mol. The number of likely N-dealkylation sites (tertiary alicyclic amines) is 1. The van der Waals surface area contributed by atoms with Crippen molar-refractivity contribution in [2.24, 2.45) is 5.92 Å². The zero-order chi connectivity index (χ0) is 16.4. The van der Waals surface area contributed by atoms with E-state index in [-0.39, 0.29) is 11.8 Å². The predicted molar refractivity (Wildman–Crippen MR) is 88.8 cm³/mol. The Kier molecular flexibility index (Phi) is 4.63. The highest BCUT2D eigenvalue weighted by molar-refractivity contribution is 7.13. The number of carboxylic acid groups (broad SMARTS) is 1. The number of halogens is 1. The van der Waals surface area contributed by atoms with Gasteiger partial charge in [0.15, 0.2) is 0 Å². The predicted octanol–water partition coefficient (Wildman–Crippen LogP) is 3.40. The molecule has 1 aromatic heterocycles. The largest absolute Gasteiger partial charge is 0.481 e. The molecule has 2 aromatic rings. The van der Waals surface area contributed by atoms with Crippen LogP contribution in [-0.4, -0.2) is 40.0 Å². The van der Waals surface area contributed by atoms with E-state index >= 15 is 0 Å². The molecule has 1 aromatic carbocycles. The van der Waals surface area contributed by atoms with Crippen LogP contribution in [0.2, 0.25) is 5.02 Å². The first-order chi connectivity index (χ1) is 11.1. The second-order valence-electron chi connectivity index (χ2n) is 5.42. The van der Waals surface area contributed by atoms with E-state index in [1.54, 1.807) is 16.3 Å². The third kappa shape index (κ3) is 3.38. The second kappa shape index (κ2) is 6.68. The zero-order valence-corrected chi connectivity index (χ0v) is 13.8. The number of carboxylic acids is 1. The number of aliphatic carboxylic acids is 1. The normalized spacial score (nSPS) is 15.6. The quantitative estimate of drug-likeness (QED) is 0.921. The summed E-state index contributed by atoms with van der Waals surface area (Å²) >= 11 is 7.54. The lowest BCUT2D eigenvalue weighted by Gasteiger charge is -2.29. The van der Waals surface area contributed by atoms with Gasteiger partial charge in [0.2, 0.25) is 0 Å². The van der Waals surface area contributed by atoms with Crippen LogP contribution in [-0.2, 0) is 4.79 Å². The number of thiazole rings is 1. The lowest BCUT2D eigenvalue weighted by atomic mass is 9.97. The van der Waals surface area contributed by atoms with Crippen molar-refractivity contribution in [1.82, 2.24) is 9.88 Å². The van der Waals surface area contributed by atoms with Gasteiger partial charge in [0.25, 0.3) is 5.91 Å². The maximum absolute atomic E-state index is 12.5. The summed E-state index contributed by atoms with van der Waals surface area (Å²) < 4.78 is 0. The maximum Gasteiger partial charge on any atom is 0.306 e. The van der Waals surface area contributed by atoms with Gasteiger partial charge in [0.1, 0.15) is 10.7 Å². The minimum atomic E-state index is -0.785. The summed E-state index contributed by atoms with van der Waals surface area (Å²) in [5, 5.41) is 12.0. The lowest BCUT2D eigenvalue weighted by Crippen LogP contribution is -2.40. The Morgan fingerprint density at radius 3 is 2.61 bits per heavy atom. The summed E-state index contributed by atoms with van der Waals surface area (Å²) in [6.07, 6.45) is 0.977. The number of hydrogen-bond donors (Lipinski definition) is 1. The molecule has 1 saturated heterocycles. The van der Waals surface area contributed by atoms with Crippen LogP contribution in [0.15, 0.2) is 29.6 Å². The smallest absolute Gasteiger partial charge is 0.306 e. The minimum absolute atomic E-state index is 0.150. The summed E-state index contributed by atoms with van der Waals surface area (Å²) in [6, 6.07) is 7.38. The highest BCUT2D eigenvalue weighted by Gasteiger charge is 2.28. The van der Waals surface area contributed by atoms with Crippen molar-refractivity contribution in [3.05, 3.63) is 40.4 Å². The fraction of sp³-hybridized carbons (Fsp3) is 0.312. The fourth-order valence-corrected chi connectivity index (χ4v) is 3.74. The third-order valence-electron chi connectivity index (χ3n) is 3.96. The zero-order valence-electron chi connectivity index (χ0n) is 12.2. The van der Waals surface area contributed by atoms with Gasteiger partial charge in [-0.3, -0.25) is 9.59 Å². The van der Waals surface area contributed by atoms with Crippen molar-refractivity contribution in [2.75, 3.05) is 13.1 Å². The Morgan fingerprint density at radius 2 is 1.96 bits per heavy atom. The van der Waals surface area contributed by atoms with Gasteiger partial charge in [0, 0.05) is 24.0 Å². The number of carbonyl (C=O) groups is 2. The molecule has 23 heavy (non-hydrogen) atoms. The van der Waals surface area contributed by atoms with Gasteiger partial charge in [0.05, 0.1) is 10.9 Å². The fourth-order valence-electron chi connectivity index (χ4n) is 2.62. The van der Waals surface area contributed by atoms with Gasteiger partial charge in [-0.05, 0) is 18.9 Å². The molecule has 5 nitrogen and oxygen atoms in total. The molecule has 1 fully saturated rings. The summed E-state index contributed by atoms with van der Waals surface area (Å²) in [7, 11) is 0. The molecule has 1 amide bonds. The summed E-state index contributed by atoms with van der Waals surface area (Å²) in [5.74, 6) is -1.29. The Morgan fingerprint density at radius 1 is 1.26 bits per heavy atom. The first kappa shape index (κ1) is 16.0. The summed E-state index contributed by atoms with van der Waals surface area (Å²) in [6.45, 7) is 0.906. The number of rotatable bonds is 3. The molecule has 0 saturated carbocycles. The van der Waals surface area contributed by atoms with Crippen molar-refractivity contribution in [1.29, 1.82) is 0 Å². The van der Waals surface area contributed by atoms with Crippen LogP contribution in [0.3, 0.4) is 0 Å². The highest BCUT2D eigenvalue weighted by atomic mass is 35.5. The van der Waals surface area contributed by atoms with E-state index in [0.29, 0.717) is 41.7 Å². The SMILES string of the molecule is O=C(O)C1CCN(C(=O)c2csc(-c3ccccc3Cl)n2)CC1. The average Bonchev–Trinajstić information content (AvgIpc) is 3.04. The van der Waals surface area contributed by atoms with Crippen LogP contribution in [0.25, 0.3) is 10.6 Å². The van der Waals surface area contributed by atoms with Crippen LogP contribution < -0.4 is 0 Å². The highest BCUT2D eigenvalue weighted by Crippen LogP contribution is 2.30. The van der Waals surface area contributed by atoms with E-state index in [1.807, 2.05) is 18.2 Å². The molecule has 3 rings (SSSR count). The number of piperidine rings is 1. The number of carbonyl (C=O) groups excluding carboxylic acids is 1. The van der Waals surface area contributed by atoms with Crippen LogP contribution in [0.5, 0.6) is 0 Å². The molecule has 1 N–H and O–H groups in total. The van der Waals surface area contributed by atoms with Gasteiger partial charge in [-0.2, -0.15) is 0 Å². The molecule has 7 heteroatoms. The van der Waals surface area contributed by atoms with Crippen LogP contribution in [0.4, 0.5) is 0 Å². The molecule has 2 heterocycles. The maximum atomic E-state index is 12.5. The van der Waals surface area contributed by atoms with E-state index in [9.17, 15) is 9.59 Å². The van der Waals surface area contributed by atoms with Crippen LogP contribution >= 0.6 is 22.9 Å². The van der Waals surface area contributed by atoms with Gasteiger partial charge in [-0.15, -0.1) is 11.3 Å². The first-order valence-electron chi connectivity index (χ1n) is 7.29. The van der Waals surface area contributed by atoms with Crippen LogP contribution in [0, 0.1) is 5.92 Å². The standard InChI is InChI=1S/C16H15ClN2O3S/c17-12-4-2-1-3-11(12)14-18-13(9-23-14)15(20)19-7-5-10(6-8-19)16(21)22/h1-4,9-10H,5-8H2,(H,21,22). The van der Waals surface area contributed by atoms with Crippen molar-refractivity contribution in [2.45, 2.75) is 12.8 Å². The summed E-state index contributed by atoms with van der Waals surface area (Å²) in [4.78, 5) is 29.5. The number of amides is 1. The minimum Gasteiger partial charge on any atom is -0.481 e. The third-order valence-corrected chi connectivity index (χ3v) is 5.16. The molecule has 0 spiro atoms. The van der Waals surface area contributed by atoms with Gasteiger partial charge < -0.3 is 10.0 Å². The molecule has 120 valence electrons. The van der Waals surface area contributed by atoms with E-state index in [4.69, 9.17) is 16.7 Å². The molecule has 0 unspecified atom stereocenters. The number of benzene rings is 1. The molecular weight excluding hydrogens is 336 g/mol. The molecule has 0 bridgehead atoms. The average molecular weight is 351 g/mol. The summed E-state index contributed by atoms with van der Waals surface area (Å²) in [5.41, 5.74) is 1.20. The molecular formula is C16H15ClN2O3S. The number of nitrogens with zero attached hydrogens (tertiary/aromatic N) is 2. The number of aromatic nitrogens is 1. The van der Waals surface area contributed by atoms with Crippen LogP contribution in [0.1, 0.15) is 23.3 Å². The van der Waals surface area contributed by atoms with E-state index < -0.39 is 5.97 Å². The van der Waals surface area contributed by atoms with Gasteiger partial charge in [-0.25, -0.2) is 4.98 Å². The van der Waals surface area contributed by atoms with Crippen molar-refractivity contribution in [3.8, 4) is 10.6 Å². The van der Waals surface area contributed by atoms with Crippen molar-refractivity contribution >= 4 is 34.8 Å². The van der Waals surface area contributed by atoms with Gasteiger partial charge in [-0.1, -0.05) is 29.8 Å². The van der Waals surface area contributed by atoms with Crippen molar-refractivity contribution in [3.63, 3.8) is 0 Å². The van der Waals surface area contributed by atoms with E-state index in [2.05, 4.69) is 4.98 Å². The van der Waals surface area contributed by atoms with E-state index in [1.165, 1.54) is 11.3 Å². The molecule has 0 aliphatic carbocycles. The van der Waals surface area contributed by atoms with Crippen molar-refractivity contribution < 1.29 is 14.7 Å². The van der Waals surface area contributed by atoms with Gasteiger partial charge >= 0.3 is 5.97 Å². The van der Waals surface area contributed by atoms with E-state index in [0.717, 1.165) is 5.56 Å². The second-order valence-corrected chi connectivity index (χ2v) is 6.69. The Labute approximate surface area is 142 Å². The molecule has 0 atom stereocenters. The Bertz CT molecular complexity index is 738. The lowest BCUT2D eigenvalue weighted by molar-refractivity contribution is -0.143. The molecule has 0 radical (unpaired) electrons.